The Morgan fingerprint density at radius 1 is 0.974 bits per heavy atom. The number of aliphatic carboxylic acids is 1. The molecule has 8 heteroatoms. The molecule has 0 spiro atoms. The van der Waals surface area contributed by atoms with Crippen molar-refractivity contribution in [2.45, 2.75) is 110 Å². The number of carbonyl (C=O) groups excluding carboxylic acids is 1. The van der Waals surface area contributed by atoms with Gasteiger partial charge in [0.25, 0.3) is 0 Å². The first-order valence-corrected chi connectivity index (χ1v) is 14.1. The first-order chi connectivity index (χ1) is 18.5. The van der Waals surface area contributed by atoms with Gasteiger partial charge in [-0.3, -0.25) is 9.59 Å². The van der Waals surface area contributed by atoms with Crippen LogP contribution in [0.3, 0.4) is 0 Å². The zero-order chi connectivity index (χ0) is 29.1. The fourth-order valence-corrected chi connectivity index (χ4v) is 4.86. The highest BCUT2D eigenvalue weighted by Gasteiger charge is 2.56. The van der Waals surface area contributed by atoms with Crippen LogP contribution in [-0.2, 0) is 20.7 Å². The molecule has 2 unspecified atom stereocenters. The molecular weight excluding hydrogens is 512 g/mol. The summed E-state index contributed by atoms with van der Waals surface area (Å²) >= 11 is 0. The standard InChI is InChI=1S/C31H42F4O4/c1-4-7-8-9-10-11-12-13-23-14-16-24(17-15-23)25-18-19-30(28(36)37,26(32)21-25)29(38)39-27(31(33,34)35)20-22(5-2)6-3/h14-19,21-22,26-27H,4-13,20H2,1-3H3,(H,36,37)/t26-,27?,30?/m1/s1. The summed E-state index contributed by atoms with van der Waals surface area (Å²) in [6, 6.07) is 7.43. The van der Waals surface area contributed by atoms with Gasteiger partial charge in [0.2, 0.25) is 5.41 Å². The number of aryl methyl sites for hydroxylation is 1. The van der Waals surface area contributed by atoms with Crippen LogP contribution < -0.4 is 0 Å². The Hall–Kier alpha value is -2.64. The van der Waals surface area contributed by atoms with Gasteiger partial charge in [-0.1, -0.05) is 109 Å². The fraction of sp³-hybridized carbons (Fsp3) is 0.613. The van der Waals surface area contributed by atoms with E-state index in [1.54, 1.807) is 26.0 Å². The third kappa shape index (κ3) is 8.94. The fourth-order valence-electron chi connectivity index (χ4n) is 4.86. The second-order valence-electron chi connectivity index (χ2n) is 10.5. The Balaban J connectivity index is 2.10. The zero-order valence-electron chi connectivity index (χ0n) is 23.2. The monoisotopic (exact) mass is 554 g/mol. The van der Waals surface area contributed by atoms with Crippen molar-refractivity contribution < 1.29 is 37.0 Å². The van der Waals surface area contributed by atoms with Crippen molar-refractivity contribution in [3.8, 4) is 0 Å². The van der Waals surface area contributed by atoms with Crippen LogP contribution in [0.1, 0.15) is 96.1 Å². The Kier molecular flexibility index (Phi) is 12.7. The zero-order valence-corrected chi connectivity index (χ0v) is 23.2. The third-order valence-electron chi connectivity index (χ3n) is 7.65. The molecule has 3 atom stereocenters. The summed E-state index contributed by atoms with van der Waals surface area (Å²) in [5.41, 5.74) is -0.799. The van der Waals surface area contributed by atoms with E-state index in [0.29, 0.717) is 24.0 Å². The molecule has 0 aromatic heterocycles. The topological polar surface area (TPSA) is 63.6 Å². The van der Waals surface area contributed by atoms with Gasteiger partial charge in [0.1, 0.15) is 6.17 Å². The summed E-state index contributed by atoms with van der Waals surface area (Å²) in [6.07, 6.45) is 2.93. The van der Waals surface area contributed by atoms with Crippen LogP contribution in [0.5, 0.6) is 0 Å². The van der Waals surface area contributed by atoms with Gasteiger partial charge in [-0.2, -0.15) is 13.2 Å². The number of hydrogen-bond acceptors (Lipinski definition) is 3. The van der Waals surface area contributed by atoms with E-state index in [1.807, 2.05) is 12.1 Å². The van der Waals surface area contributed by atoms with Crippen molar-refractivity contribution in [1.82, 2.24) is 0 Å². The maximum Gasteiger partial charge on any atom is 0.425 e. The molecular formula is C31H42F4O4. The van der Waals surface area contributed by atoms with E-state index in [1.165, 1.54) is 38.2 Å². The number of rotatable bonds is 16. The lowest BCUT2D eigenvalue weighted by Gasteiger charge is -2.32. The first-order valence-electron chi connectivity index (χ1n) is 14.1. The lowest BCUT2D eigenvalue weighted by molar-refractivity contribution is -0.231. The molecule has 0 amide bonds. The molecule has 0 saturated carbocycles. The van der Waals surface area contributed by atoms with Crippen molar-refractivity contribution in [3.63, 3.8) is 0 Å². The Labute approximate surface area is 229 Å². The van der Waals surface area contributed by atoms with E-state index in [0.717, 1.165) is 37.0 Å². The van der Waals surface area contributed by atoms with E-state index in [9.17, 15) is 27.9 Å². The number of allylic oxidation sites excluding steroid dienone is 3. The Bertz CT molecular complexity index is 979. The number of benzene rings is 1. The molecule has 4 nitrogen and oxygen atoms in total. The van der Waals surface area contributed by atoms with Gasteiger partial charge >= 0.3 is 18.1 Å². The molecule has 0 bridgehead atoms. The van der Waals surface area contributed by atoms with E-state index >= 15 is 4.39 Å². The van der Waals surface area contributed by atoms with Crippen LogP contribution in [0, 0.1) is 11.3 Å². The first kappa shape index (κ1) is 32.6. The van der Waals surface area contributed by atoms with Gasteiger partial charge in [0, 0.05) is 0 Å². The van der Waals surface area contributed by atoms with Gasteiger partial charge in [0.15, 0.2) is 6.10 Å². The molecule has 1 aromatic rings. The number of ether oxygens (including phenoxy) is 1. The van der Waals surface area contributed by atoms with E-state index in [4.69, 9.17) is 0 Å². The number of hydrogen-bond donors (Lipinski definition) is 1. The molecule has 1 N–H and O–H groups in total. The average molecular weight is 555 g/mol. The molecule has 1 aromatic carbocycles. The second-order valence-corrected chi connectivity index (χ2v) is 10.5. The third-order valence-corrected chi connectivity index (χ3v) is 7.65. The number of alkyl halides is 4. The number of unbranched alkanes of at least 4 members (excludes halogenated alkanes) is 6. The summed E-state index contributed by atoms with van der Waals surface area (Å²) in [7, 11) is 0. The molecule has 39 heavy (non-hydrogen) atoms. The van der Waals surface area contributed by atoms with Crippen LogP contribution in [0.25, 0.3) is 5.57 Å². The van der Waals surface area contributed by atoms with Gasteiger partial charge in [-0.15, -0.1) is 0 Å². The predicted molar refractivity (Wildman–Crippen MR) is 145 cm³/mol. The van der Waals surface area contributed by atoms with Crippen LogP contribution in [-0.4, -0.2) is 35.5 Å². The molecule has 1 aliphatic carbocycles. The summed E-state index contributed by atoms with van der Waals surface area (Å²) < 4.78 is 61.0. The number of esters is 1. The molecule has 0 saturated heterocycles. The van der Waals surface area contributed by atoms with Crippen molar-refractivity contribution in [2.24, 2.45) is 11.3 Å². The average Bonchev–Trinajstić information content (AvgIpc) is 2.90. The number of carboxylic acids is 1. The second kappa shape index (κ2) is 15.2. The molecule has 2 rings (SSSR count). The molecule has 0 fully saturated rings. The minimum Gasteiger partial charge on any atom is -0.480 e. The van der Waals surface area contributed by atoms with Crippen molar-refractivity contribution in [2.75, 3.05) is 0 Å². The maximum atomic E-state index is 15.4. The van der Waals surface area contributed by atoms with Gasteiger partial charge in [-0.05, 0) is 48.0 Å². The smallest absolute Gasteiger partial charge is 0.425 e. The van der Waals surface area contributed by atoms with Crippen LogP contribution in [0.4, 0.5) is 17.6 Å². The van der Waals surface area contributed by atoms with Crippen molar-refractivity contribution in [1.29, 1.82) is 0 Å². The summed E-state index contributed by atoms with van der Waals surface area (Å²) in [5, 5.41) is 9.77. The SMILES string of the molecule is CCCCCCCCCc1ccc(C2=C[C@@H](F)C(C(=O)O)(C(=O)OC(CC(CC)CC)C(F)(F)F)C=C2)cc1. The maximum absolute atomic E-state index is 15.4. The van der Waals surface area contributed by atoms with Crippen molar-refractivity contribution >= 4 is 17.5 Å². The Morgan fingerprint density at radius 3 is 2.08 bits per heavy atom. The van der Waals surface area contributed by atoms with E-state index in [-0.39, 0.29) is 5.92 Å². The minimum atomic E-state index is -4.90. The molecule has 0 radical (unpaired) electrons. The molecule has 218 valence electrons. The van der Waals surface area contributed by atoms with E-state index < -0.39 is 42.2 Å². The molecule has 0 heterocycles. The van der Waals surface area contributed by atoms with Gasteiger partial charge in [0.05, 0.1) is 0 Å². The highest BCUT2D eigenvalue weighted by molar-refractivity contribution is 6.04. The number of halogens is 4. The number of carbonyl (C=O) groups is 2. The summed E-state index contributed by atoms with van der Waals surface area (Å²) in [5.74, 6) is -4.04. The van der Waals surface area contributed by atoms with Crippen LogP contribution in [0.2, 0.25) is 0 Å². The van der Waals surface area contributed by atoms with Crippen molar-refractivity contribution in [3.05, 3.63) is 53.6 Å². The highest BCUT2D eigenvalue weighted by atomic mass is 19.4. The van der Waals surface area contributed by atoms with E-state index in [2.05, 4.69) is 11.7 Å². The quantitative estimate of drug-likeness (QED) is 0.0961. The Morgan fingerprint density at radius 2 is 1.56 bits per heavy atom. The summed E-state index contributed by atoms with van der Waals surface area (Å²) in [4.78, 5) is 24.9. The lowest BCUT2D eigenvalue weighted by Crippen LogP contribution is -2.50. The molecule has 1 aliphatic rings. The van der Waals surface area contributed by atoms with Crippen LogP contribution in [0.15, 0.2) is 42.5 Å². The predicted octanol–water partition coefficient (Wildman–Crippen LogP) is 8.64. The highest BCUT2D eigenvalue weighted by Crippen LogP contribution is 2.39. The number of carboxylic acid groups (broad SMARTS) is 1. The van der Waals surface area contributed by atoms with Gasteiger partial charge < -0.3 is 9.84 Å². The van der Waals surface area contributed by atoms with Gasteiger partial charge in [-0.25, -0.2) is 4.39 Å². The largest absolute Gasteiger partial charge is 0.480 e. The normalized spacial score (nSPS) is 20.1. The molecule has 0 aliphatic heterocycles. The minimum absolute atomic E-state index is 0.346. The lowest BCUT2D eigenvalue weighted by atomic mass is 9.77. The van der Waals surface area contributed by atoms with Crippen LogP contribution >= 0.6 is 0 Å². The summed E-state index contributed by atoms with van der Waals surface area (Å²) in [6.45, 7) is 5.63.